The number of aryl methyl sites for hydroxylation is 2. The summed E-state index contributed by atoms with van der Waals surface area (Å²) in [5.41, 5.74) is 0.781. The van der Waals surface area contributed by atoms with Crippen LogP contribution in [-0.2, 0) is 16.8 Å². The molecule has 1 aliphatic carbocycles. The van der Waals surface area contributed by atoms with Gasteiger partial charge in [0.05, 0.1) is 12.2 Å². The number of hydrogen-bond acceptors (Lipinski definition) is 5. The number of nitrogens with zero attached hydrogens (tertiary/aromatic N) is 2. The molecule has 1 heterocycles. The third-order valence-electron chi connectivity index (χ3n) is 3.55. The summed E-state index contributed by atoms with van der Waals surface area (Å²) in [5, 5.41) is 3.36. The smallest absolute Gasteiger partial charge is 0.279 e. The van der Waals surface area contributed by atoms with Gasteiger partial charge in [0.15, 0.2) is 0 Å². The SMILES string of the molecule is Cc1nc(CNS(=O)(=O)N(C)CCCNC2CC2)oc1C. The first-order chi connectivity index (χ1) is 9.88. The fourth-order valence-electron chi connectivity index (χ4n) is 1.89. The van der Waals surface area contributed by atoms with Crippen LogP contribution in [0.25, 0.3) is 0 Å². The van der Waals surface area contributed by atoms with Crippen LogP contribution in [-0.4, -0.2) is 43.9 Å². The topological polar surface area (TPSA) is 87.5 Å². The minimum Gasteiger partial charge on any atom is -0.444 e. The van der Waals surface area contributed by atoms with Gasteiger partial charge in [0.25, 0.3) is 10.2 Å². The summed E-state index contributed by atoms with van der Waals surface area (Å²) >= 11 is 0. The van der Waals surface area contributed by atoms with E-state index in [0.29, 0.717) is 24.2 Å². The van der Waals surface area contributed by atoms with E-state index in [2.05, 4.69) is 15.0 Å². The predicted molar refractivity (Wildman–Crippen MR) is 80.0 cm³/mol. The maximum atomic E-state index is 12.1. The van der Waals surface area contributed by atoms with Crippen molar-refractivity contribution < 1.29 is 12.8 Å². The van der Waals surface area contributed by atoms with Crippen LogP contribution in [0.5, 0.6) is 0 Å². The van der Waals surface area contributed by atoms with Crippen molar-refractivity contribution in [3.8, 4) is 0 Å². The fraction of sp³-hybridized carbons (Fsp3) is 0.769. The van der Waals surface area contributed by atoms with Crippen LogP contribution in [0.4, 0.5) is 0 Å². The molecule has 2 rings (SSSR count). The van der Waals surface area contributed by atoms with Crippen LogP contribution < -0.4 is 10.0 Å². The first-order valence-electron chi connectivity index (χ1n) is 7.25. The van der Waals surface area contributed by atoms with Gasteiger partial charge in [-0.2, -0.15) is 17.4 Å². The Hall–Kier alpha value is -0.960. The molecule has 0 unspecified atom stereocenters. The number of nitrogens with one attached hydrogen (secondary N) is 2. The molecule has 0 amide bonds. The van der Waals surface area contributed by atoms with E-state index in [1.165, 1.54) is 17.1 Å². The Labute approximate surface area is 126 Å². The third-order valence-corrected chi connectivity index (χ3v) is 5.06. The van der Waals surface area contributed by atoms with Crippen molar-refractivity contribution in [1.29, 1.82) is 0 Å². The largest absolute Gasteiger partial charge is 0.444 e. The molecule has 120 valence electrons. The predicted octanol–water partition coefficient (Wildman–Crippen LogP) is 0.700. The fourth-order valence-corrected chi connectivity index (χ4v) is 2.79. The zero-order valence-corrected chi connectivity index (χ0v) is 13.7. The summed E-state index contributed by atoms with van der Waals surface area (Å²) in [6, 6.07) is 0.654. The van der Waals surface area contributed by atoms with Gasteiger partial charge in [0, 0.05) is 19.6 Å². The molecule has 1 saturated carbocycles. The summed E-state index contributed by atoms with van der Waals surface area (Å²) in [6.07, 6.45) is 3.28. The number of hydrogen-bond donors (Lipinski definition) is 2. The van der Waals surface area contributed by atoms with E-state index >= 15 is 0 Å². The molecular weight excluding hydrogens is 292 g/mol. The van der Waals surface area contributed by atoms with Gasteiger partial charge in [-0.1, -0.05) is 0 Å². The van der Waals surface area contributed by atoms with Gasteiger partial charge in [-0.05, 0) is 39.7 Å². The minimum absolute atomic E-state index is 0.0711. The van der Waals surface area contributed by atoms with E-state index in [-0.39, 0.29) is 6.54 Å². The van der Waals surface area contributed by atoms with Crippen LogP contribution in [0.2, 0.25) is 0 Å². The Balaban J connectivity index is 1.73. The molecule has 1 aromatic rings. The maximum absolute atomic E-state index is 12.1. The highest BCUT2D eigenvalue weighted by Crippen LogP contribution is 2.18. The van der Waals surface area contributed by atoms with Crippen molar-refractivity contribution in [2.45, 2.75) is 45.7 Å². The van der Waals surface area contributed by atoms with Crippen molar-refractivity contribution >= 4 is 10.2 Å². The van der Waals surface area contributed by atoms with Crippen molar-refractivity contribution in [3.05, 3.63) is 17.3 Å². The average molecular weight is 316 g/mol. The van der Waals surface area contributed by atoms with E-state index in [1.807, 2.05) is 6.92 Å². The van der Waals surface area contributed by atoms with Gasteiger partial charge in [-0.15, -0.1) is 0 Å². The molecule has 1 fully saturated rings. The van der Waals surface area contributed by atoms with Crippen molar-refractivity contribution in [2.24, 2.45) is 0 Å². The molecule has 21 heavy (non-hydrogen) atoms. The van der Waals surface area contributed by atoms with Crippen LogP contribution in [0.1, 0.15) is 36.6 Å². The molecule has 0 aliphatic heterocycles. The highest BCUT2D eigenvalue weighted by atomic mass is 32.2. The molecular formula is C13H24N4O3S. The lowest BCUT2D eigenvalue weighted by atomic mass is 10.4. The average Bonchev–Trinajstić information content (AvgIpc) is 3.19. The maximum Gasteiger partial charge on any atom is 0.279 e. The second-order valence-electron chi connectivity index (χ2n) is 5.48. The molecule has 2 N–H and O–H groups in total. The molecule has 1 aliphatic rings. The molecule has 7 nitrogen and oxygen atoms in total. The summed E-state index contributed by atoms with van der Waals surface area (Å²) in [6.45, 7) is 5.04. The molecule has 0 bridgehead atoms. The summed E-state index contributed by atoms with van der Waals surface area (Å²) < 4.78 is 33.3. The first-order valence-corrected chi connectivity index (χ1v) is 8.69. The highest BCUT2D eigenvalue weighted by molar-refractivity contribution is 7.87. The van der Waals surface area contributed by atoms with E-state index in [9.17, 15) is 8.42 Å². The highest BCUT2D eigenvalue weighted by Gasteiger charge is 2.21. The summed E-state index contributed by atoms with van der Waals surface area (Å²) in [4.78, 5) is 4.15. The second-order valence-corrected chi connectivity index (χ2v) is 7.34. The number of rotatable bonds is 9. The normalized spacial score (nSPS) is 15.8. The van der Waals surface area contributed by atoms with Gasteiger partial charge in [-0.25, -0.2) is 4.98 Å². The van der Waals surface area contributed by atoms with Gasteiger partial charge in [-0.3, -0.25) is 0 Å². The summed E-state index contributed by atoms with van der Waals surface area (Å²) in [7, 11) is -1.92. The lowest BCUT2D eigenvalue weighted by molar-refractivity contribution is 0.430. The molecule has 0 atom stereocenters. The van der Waals surface area contributed by atoms with Crippen molar-refractivity contribution in [3.63, 3.8) is 0 Å². The van der Waals surface area contributed by atoms with Crippen molar-refractivity contribution in [1.82, 2.24) is 19.3 Å². The van der Waals surface area contributed by atoms with E-state index in [4.69, 9.17) is 4.42 Å². The van der Waals surface area contributed by atoms with Gasteiger partial charge in [0.1, 0.15) is 5.76 Å². The minimum atomic E-state index is -3.49. The van der Waals surface area contributed by atoms with Crippen molar-refractivity contribution in [2.75, 3.05) is 20.1 Å². The summed E-state index contributed by atoms with van der Waals surface area (Å²) in [5.74, 6) is 1.10. The second kappa shape index (κ2) is 6.87. The Kier molecular flexibility index (Phi) is 5.37. The van der Waals surface area contributed by atoms with Crippen LogP contribution in [0.3, 0.4) is 0 Å². The molecule has 0 saturated heterocycles. The quantitative estimate of drug-likeness (QED) is 0.655. The van der Waals surface area contributed by atoms with Crippen LogP contribution in [0.15, 0.2) is 4.42 Å². The standard InChI is InChI=1S/C13H24N4O3S/c1-10-11(2)20-13(16-10)9-15-21(18,19)17(3)8-4-7-14-12-5-6-12/h12,14-15H,4-9H2,1-3H3. The van der Waals surface area contributed by atoms with E-state index < -0.39 is 10.2 Å². The molecule has 8 heteroatoms. The van der Waals surface area contributed by atoms with Crippen LogP contribution >= 0.6 is 0 Å². The van der Waals surface area contributed by atoms with Gasteiger partial charge >= 0.3 is 0 Å². The van der Waals surface area contributed by atoms with Gasteiger partial charge in [0.2, 0.25) is 5.89 Å². The first kappa shape index (κ1) is 16.4. The Morgan fingerprint density at radius 1 is 1.38 bits per heavy atom. The van der Waals surface area contributed by atoms with Gasteiger partial charge < -0.3 is 9.73 Å². The molecule has 0 aromatic carbocycles. The lowest BCUT2D eigenvalue weighted by Crippen LogP contribution is -2.39. The zero-order chi connectivity index (χ0) is 15.5. The van der Waals surface area contributed by atoms with E-state index in [0.717, 1.165) is 18.7 Å². The molecule has 0 radical (unpaired) electrons. The zero-order valence-electron chi connectivity index (χ0n) is 12.8. The number of oxazole rings is 1. The molecule has 1 aromatic heterocycles. The lowest BCUT2D eigenvalue weighted by Gasteiger charge is -2.17. The monoisotopic (exact) mass is 316 g/mol. The third kappa shape index (κ3) is 5.06. The Bertz CT molecular complexity index is 546. The van der Waals surface area contributed by atoms with E-state index in [1.54, 1.807) is 14.0 Å². The molecule has 0 spiro atoms. The van der Waals surface area contributed by atoms with Crippen LogP contribution in [0, 0.1) is 13.8 Å². The Morgan fingerprint density at radius 2 is 2.10 bits per heavy atom. The number of aromatic nitrogens is 1. The Morgan fingerprint density at radius 3 is 2.67 bits per heavy atom.